The van der Waals surface area contributed by atoms with Crippen molar-refractivity contribution >= 4 is 11.6 Å². The van der Waals surface area contributed by atoms with Crippen molar-refractivity contribution in [3.8, 4) is 0 Å². The largest absolute Gasteiger partial charge is 0.463 e. The van der Waals surface area contributed by atoms with Gasteiger partial charge in [-0.05, 0) is 24.3 Å². The molecule has 1 amide bonds. The van der Waals surface area contributed by atoms with Crippen LogP contribution in [0.3, 0.4) is 0 Å². The Kier molecular flexibility index (Phi) is 4.09. The first-order valence-electron chi connectivity index (χ1n) is 5.64. The highest BCUT2D eigenvalue weighted by atomic mass is 19.1. The Labute approximate surface area is 104 Å². The Balaban J connectivity index is 1.77. The predicted molar refractivity (Wildman–Crippen MR) is 64.2 cm³/mol. The molecule has 3 N–H and O–H groups in total. The van der Waals surface area contributed by atoms with Crippen LogP contribution in [0.25, 0.3) is 0 Å². The molecule has 0 fully saturated rings. The third-order valence-corrected chi connectivity index (χ3v) is 2.40. The van der Waals surface area contributed by atoms with Crippen LogP contribution in [0.5, 0.6) is 0 Å². The van der Waals surface area contributed by atoms with E-state index in [9.17, 15) is 9.18 Å². The SMILES string of the molecule is O=C(C[NH2+]Cc1ccco1)Nc1ccccc1F. The number of furan rings is 1. The minimum Gasteiger partial charge on any atom is -0.463 e. The van der Waals surface area contributed by atoms with Crippen molar-refractivity contribution in [3.63, 3.8) is 0 Å². The molecule has 0 aliphatic carbocycles. The van der Waals surface area contributed by atoms with Crippen molar-refractivity contribution in [2.45, 2.75) is 6.54 Å². The standard InChI is InChI=1S/C13H13FN2O2/c14-11-5-1-2-6-12(11)16-13(17)9-15-8-10-4-3-7-18-10/h1-7,15H,8-9H2,(H,16,17)/p+1. The van der Waals surface area contributed by atoms with Gasteiger partial charge in [0.05, 0.1) is 12.0 Å². The second kappa shape index (κ2) is 5.97. The van der Waals surface area contributed by atoms with Gasteiger partial charge in [-0.25, -0.2) is 4.39 Å². The van der Waals surface area contributed by atoms with Crippen LogP contribution < -0.4 is 10.6 Å². The molecule has 0 atom stereocenters. The number of halogens is 1. The van der Waals surface area contributed by atoms with Gasteiger partial charge in [0, 0.05) is 0 Å². The Hall–Kier alpha value is -2.14. The van der Waals surface area contributed by atoms with Crippen LogP contribution in [0.4, 0.5) is 10.1 Å². The normalized spacial score (nSPS) is 10.3. The molecule has 0 saturated heterocycles. The van der Waals surface area contributed by atoms with Crippen molar-refractivity contribution in [2.24, 2.45) is 0 Å². The lowest BCUT2D eigenvalue weighted by Crippen LogP contribution is -2.84. The number of nitrogens with one attached hydrogen (secondary N) is 1. The number of amides is 1. The zero-order valence-corrected chi connectivity index (χ0v) is 9.73. The van der Waals surface area contributed by atoms with Gasteiger partial charge in [0.2, 0.25) is 0 Å². The molecule has 0 spiro atoms. The number of benzene rings is 1. The van der Waals surface area contributed by atoms with Gasteiger partial charge >= 0.3 is 0 Å². The number of anilines is 1. The molecule has 5 heteroatoms. The molecule has 0 aliphatic rings. The van der Waals surface area contributed by atoms with E-state index in [1.54, 1.807) is 29.8 Å². The fraction of sp³-hybridized carbons (Fsp3) is 0.154. The highest BCUT2D eigenvalue weighted by molar-refractivity contribution is 5.91. The molecule has 0 saturated carbocycles. The summed E-state index contributed by atoms with van der Waals surface area (Å²) < 4.78 is 18.4. The summed E-state index contributed by atoms with van der Waals surface area (Å²) in [5.74, 6) is 0.122. The number of hydrogen-bond donors (Lipinski definition) is 2. The van der Waals surface area contributed by atoms with Crippen LogP contribution in [-0.4, -0.2) is 12.5 Å². The highest BCUT2D eigenvalue weighted by Crippen LogP contribution is 2.11. The van der Waals surface area contributed by atoms with Gasteiger partial charge in [-0.15, -0.1) is 0 Å². The van der Waals surface area contributed by atoms with E-state index in [-0.39, 0.29) is 18.1 Å². The number of carbonyl (C=O) groups excluding carboxylic acids is 1. The van der Waals surface area contributed by atoms with Gasteiger partial charge in [0.15, 0.2) is 12.3 Å². The third-order valence-electron chi connectivity index (χ3n) is 2.40. The Morgan fingerprint density at radius 3 is 2.83 bits per heavy atom. The Morgan fingerprint density at radius 1 is 1.28 bits per heavy atom. The average Bonchev–Trinajstić information content (AvgIpc) is 2.85. The Bertz CT molecular complexity index is 511. The topological polar surface area (TPSA) is 58.9 Å². The van der Waals surface area contributed by atoms with Gasteiger partial charge in [0.25, 0.3) is 5.91 Å². The molecule has 2 rings (SSSR count). The van der Waals surface area contributed by atoms with E-state index < -0.39 is 5.82 Å². The summed E-state index contributed by atoms with van der Waals surface area (Å²) in [6.07, 6.45) is 1.59. The maximum Gasteiger partial charge on any atom is 0.279 e. The molecule has 94 valence electrons. The van der Waals surface area contributed by atoms with Gasteiger partial charge < -0.3 is 15.1 Å². The molecule has 0 radical (unpaired) electrons. The van der Waals surface area contributed by atoms with E-state index in [1.807, 2.05) is 6.07 Å². The molecule has 1 aromatic heterocycles. The quantitative estimate of drug-likeness (QED) is 0.834. The van der Waals surface area contributed by atoms with Crippen LogP contribution in [0.1, 0.15) is 5.76 Å². The zero-order chi connectivity index (χ0) is 12.8. The van der Waals surface area contributed by atoms with E-state index in [2.05, 4.69) is 5.32 Å². The van der Waals surface area contributed by atoms with Crippen LogP contribution in [0.2, 0.25) is 0 Å². The maximum atomic E-state index is 13.3. The van der Waals surface area contributed by atoms with E-state index in [0.717, 1.165) is 5.76 Å². The van der Waals surface area contributed by atoms with E-state index in [0.29, 0.717) is 6.54 Å². The number of carbonyl (C=O) groups is 1. The minimum absolute atomic E-state index is 0.203. The highest BCUT2D eigenvalue weighted by Gasteiger charge is 2.08. The van der Waals surface area contributed by atoms with Crippen LogP contribution in [0.15, 0.2) is 47.1 Å². The lowest BCUT2D eigenvalue weighted by atomic mass is 10.3. The summed E-state index contributed by atoms with van der Waals surface area (Å²) in [5.41, 5.74) is 0.203. The van der Waals surface area contributed by atoms with E-state index in [1.165, 1.54) is 12.1 Å². The molecule has 0 aliphatic heterocycles. The number of hydrogen-bond acceptors (Lipinski definition) is 2. The molecular formula is C13H14FN2O2+. The minimum atomic E-state index is -0.433. The summed E-state index contributed by atoms with van der Waals surface area (Å²) in [4.78, 5) is 11.6. The maximum absolute atomic E-state index is 13.3. The number of quaternary nitrogens is 1. The summed E-state index contributed by atoms with van der Waals surface area (Å²) in [6, 6.07) is 9.72. The zero-order valence-electron chi connectivity index (χ0n) is 9.73. The molecule has 1 heterocycles. The smallest absolute Gasteiger partial charge is 0.279 e. The van der Waals surface area contributed by atoms with E-state index in [4.69, 9.17) is 4.42 Å². The van der Waals surface area contributed by atoms with Crippen molar-refractivity contribution in [1.82, 2.24) is 0 Å². The summed E-state index contributed by atoms with van der Waals surface area (Å²) in [7, 11) is 0. The van der Waals surface area contributed by atoms with Crippen molar-refractivity contribution < 1.29 is 18.9 Å². The monoisotopic (exact) mass is 249 g/mol. The fourth-order valence-electron chi connectivity index (χ4n) is 1.54. The predicted octanol–water partition coefficient (Wildman–Crippen LogP) is 1.12. The van der Waals surface area contributed by atoms with Gasteiger partial charge in [-0.2, -0.15) is 0 Å². The number of nitrogens with two attached hydrogens (primary N) is 1. The lowest BCUT2D eigenvalue weighted by molar-refractivity contribution is -0.661. The second-order valence-electron chi connectivity index (χ2n) is 3.80. The van der Waals surface area contributed by atoms with Crippen molar-refractivity contribution in [1.29, 1.82) is 0 Å². The molecule has 2 aromatic rings. The van der Waals surface area contributed by atoms with Crippen LogP contribution >= 0.6 is 0 Å². The average molecular weight is 249 g/mol. The summed E-state index contributed by atoms with van der Waals surface area (Å²) >= 11 is 0. The van der Waals surface area contributed by atoms with Crippen molar-refractivity contribution in [2.75, 3.05) is 11.9 Å². The van der Waals surface area contributed by atoms with Crippen LogP contribution in [-0.2, 0) is 11.3 Å². The molecule has 0 bridgehead atoms. The molecule has 0 unspecified atom stereocenters. The third kappa shape index (κ3) is 3.43. The number of para-hydroxylation sites is 1. The summed E-state index contributed by atoms with van der Waals surface area (Å²) in [6.45, 7) is 0.798. The molecule has 1 aromatic carbocycles. The van der Waals surface area contributed by atoms with Gasteiger partial charge in [-0.1, -0.05) is 12.1 Å². The molecule has 4 nitrogen and oxygen atoms in total. The van der Waals surface area contributed by atoms with Gasteiger partial charge in [-0.3, -0.25) is 4.79 Å². The number of rotatable bonds is 5. The molecule has 18 heavy (non-hydrogen) atoms. The first-order chi connectivity index (χ1) is 8.75. The first kappa shape index (κ1) is 12.3. The van der Waals surface area contributed by atoms with Crippen molar-refractivity contribution in [3.05, 3.63) is 54.2 Å². The first-order valence-corrected chi connectivity index (χ1v) is 5.64. The van der Waals surface area contributed by atoms with E-state index >= 15 is 0 Å². The van der Waals surface area contributed by atoms with Crippen LogP contribution in [0, 0.1) is 5.82 Å². The lowest BCUT2D eigenvalue weighted by Gasteiger charge is -2.04. The Morgan fingerprint density at radius 2 is 2.11 bits per heavy atom. The molecular weight excluding hydrogens is 235 g/mol. The summed E-state index contributed by atoms with van der Waals surface area (Å²) in [5, 5.41) is 4.30. The van der Waals surface area contributed by atoms with Gasteiger partial charge in [0.1, 0.15) is 12.4 Å². The fourth-order valence-corrected chi connectivity index (χ4v) is 1.54. The second-order valence-corrected chi connectivity index (χ2v) is 3.80.